The van der Waals surface area contributed by atoms with Gasteiger partial charge in [0, 0.05) is 44.0 Å². The van der Waals surface area contributed by atoms with Crippen LogP contribution in [0, 0.1) is 0 Å². The molecule has 3 rings (SSSR count). The molecule has 1 aromatic rings. The van der Waals surface area contributed by atoms with Crippen LogP contribution in [0.3, 0.4) is 0 Å². The molecule has 1 aromatic carbocycles. The van der Waals surface area contributed by atoms with Crippen LogP contribution in [-0.2, 0) is 0 Å². The number of rotatable bonds is 4. The smallest absolute Gasteiger partial charge is 0.0366 e. The summed E-state index contributed by atoms with van der Waals surface area (Å²) >= 11 is 0. The zero-order valence-electron chi connectivity index (χ0n) is 11.9. The second-order valence-electron chi connectivity index (χ2n) is 5.88. The molecule has 0 saturated carbocycles. The quantitative estimate of drug-likeness (QED) is 0.869. The van der Waals surface area contributed by atoms with Gasteiger partial charge < -0.3 is 15.5 Å². The summed E-state index contributed by atoms with van der Waals surface area (Å²) in [4.78, 5) is 2.52. The molecule has 2 saturated heterocycles. The number of benzene rings is 1. The van der Waals surface area contributed by atoms with E-state index in [1.54, 1.807) is 0 Å². The summed E-state index contributed by atoms with van der Waals surface area (Å²) < 4.78 is 0. The van der Waals surface area contributed by atoms with Crippen LogP contribution in [0.5, 0.6) is 0 Å². The highest BCUT2D eigenvalue weighted by Crippen LogP contribution is 2.22. The molecule has 19 heavy (non-hydrogen) atoms. The van der Waals surface area contributed by atoms with Crippen LogP contribution in [0.2, 0.25) is 0 Å². The minimum absolute atomic E-state index is 0.447. The predicted octanol–water partition coefficient (Wildman–Crippen LogP) is 2.30. The van der Waals surface area contributed by atoms with Gasteiger partial charge in [-0.25, -0.2) is 0 Å². The van der Waals surface area contributed by atoms with Gasteiger partial charge in [0.15, 0.2) is 0 Å². The van der Waals surface area contributed by atoms with Crippen LogP contribution >= 0.6 is 0 Å². The lowest BCUT2D eigenvalue weighted by Crippen LogP contribution is -2.55. The summed E-state index contributed by atoms with van der Waals surface area (Å²) in [6.45, 7) is 6.92. The molecule has 1 atom stereocenters. The maximum absolute atomic E-state index is 3.66. The molecular weight excluding hydrogens is 234 g/mol. The third kappa shape index (κ3) is 3.10. The van der Waals surface area contributed by atoms with Crippen LogP contribution < -0.4 is 15.5 Å². The summed E-state index contributed by atoms with van der Waals surface area (Å²) in [5.41, 5.74) is 2.79. The van der Waals surface area contributed by atoms with Gasteiger partial charge >= 0.3 is 0 Å². The molecule has 2 heterocycles. The SMILES string of the molecule is CC(NC1CNC1)c1ccc(N2CCCCC2)cc1. The third-order valence-corrected chi connectivity index (χ3v) is 4.38. The van der Waals surface area contributed by atoms with E-state index < -0.39 is 0 Å². The van der Waals surface area contributed by atoms with Gasteiger partial charge in [-0.05, 0) is 43.9 Å². The Balaban J connectivity index is 1.60. The van der Waals surface area contributed by atoms with Crippen molar-refractivity contribution in [2.75, 3.05) is 31.1 Å². The van der Waals surface area contributed by atoms with Crippen molar-refractivity contribution in [2.45, 2.75) is 38.3 Å². The zero-order chi connectivity index (χ0) is 13.1. The van der Waals surface area contributed by atoms with E-state index in [4.69, 9.17) is 0 Å². The molecule has 2 aliphatic heterocycles. The number of hydrogen-bond donors (Lipinski definition) is 2. The lowest BCUT2D eigenvalue weighted by atomic mass is 10.0. The van der Waals surface area contributed by atoms with Gasteiger partial charge in [0.2, 0.25) is 0 Å². The Morgan fingerprint density at radius 2 is 1.79 bits per heavy atom. The van der Waals surface area contributed by atoms with Crippen molar-refractivity contribution in [1.29, 1.82) is 0 Å². The summed E-state index contributed by atoms with van der Waals surface area (Å²) in [6, 6.07) is 10.2. The summed E-state index contributed by atoms with van der Waals surface area (Å²) in [5, 5.41) is 6.96. The van der Waals surface area contributed by atoms with E-state index in [-0.39, 0.29) is 0 Å². The first-order valence-electron chi connectivity index (χ1n) is 7.64. The molecular formula is C16H25N3. The fourth-order valence-electron chi connectivity index (χ4n) is 2.98. The van der Waals surface area contributed by atoms with Gasteiger partial charge in [-0.1, -0.05) is 12.1 Å². The van der Waals surface area contributed by atoms with Crippen molar-refractivity contribution in [1.82, 2.24) is 10.6 Å². The van der Waals surface area contributed by atoms with Gasteiger partial charge in [0.05, 0.1) is 0 Å². The summed E-state index contributed by atoms with van der Waals surface area (Å²) in [7, 11) is 0. The predicted molar refractivity (Wildman–Crippen MR) is 80.7 cm³/mol. The van der Waals surface area contributed by atoms with Crippen LogP contribution in [0.4, 0.5) is 5.69 Å². The van der Waals surface area contributed by atoms with Crippen LogP contribution in [-0.4, -0.2) is 32.2 Å². The molecule has 2 aliphatic rings. The first-order valence-corrected chi connectivity index (χ1v) is 7.64. The lowest BCUT2D eigenvalue weighted by Gasteiger charge is -2.32. The van der Waals surface area contributed by atoms with E-state index in [0.29, 0.717) is 12.1 Å². The average Bonchev–Trinajstić information content (AvgIpc) is 2.44. The van der Waals surface area contributed by atoms with Crippen LogP contribution in [0.15, 0.2) is 24.3 Å². The van der Waals surface area contributed by atoms with Gasteiger partial charge in [0.1, 0.15) is 0 Å². The number of hydrogen-bond acceptors (Lipinski definition) is 3. The Bertz CT molecular complexity index is 391. The maximum atomic E-state index is 3.66. The topological polar surface area (TPSA) is 27.3 Å². The van der Waals surface area contributed by atoms with E-state index in [2.05, 4.69) is 46.7 Å². The van der Waals surface area contributed by atoms with Gasteiger partial charge in [-0.3, -0.25) is 0 Å². The first-order chi connectivity index (χ1) is 9.33. The van der Waals surface area contributed by atoms with Crippen molar-refractivity contribution < 1.29 is 0 Å². The van der Waals surface area contributed by atoms with Crippen molar-refractivity contribution in [2.24, 2.45) is 0 Å². The Hall–Kier alpha value is -1.06. The highest BCUT2D eigenvalue weighted by Gasteiger charge is 2.19. The average molecular weight is 259 g/mol. The molecule has 0 aliphatic carbocycles. The number of anilines is 1. The van der Waals surface area contributed by atoms with Crippen LogP contribution in [0.1, 0.15) is 37.8 Å². The molecule has 0 bridgehead atoms. The fourth-order valence-corrected chi connectivity index (χ4v) is 2.98. The molecule has 2 fully saturated rings. The van der Waals surface area contributed by atoms with Gasteiger partial charge in [-0.2, -0.15) is 0 Å². The first kappa shape index (κ1) is 12.9. The normalized spacial score (nSPS) is 22.1. The number of nitrogens with one attached hydrogen (secondary N) is 2. The molecule has 2 N–H and O–H groups in total. The largest absolute Gasteiger partial charge is 0.372 e. The Kier molecular flexibility index (Phi) is 4.04. The third-order valence-electron chi connectivity index (χ3n) is 4.38. The summed E-state index contributed by atoms with van der Waals surface area (Å²) in [6.07, 6.45) is 4.08. The molecule has 3 heteroatoms. The minimum Gasteiger partial charge on any atom is -0.372 e. The molecule has 0 aromatic heterocycles. The van der Waals surface area contributed by atoms with Crippen LogP contribution in [0.25, 0.3) is 0 Å². The molecule has 0 amide bonds. The number of nitrogens with zero attached hydrogens (tertiary/aromatic N) is 1. The van der Waals surface area contributed by atoms with Gasteiger partial charge in [-0.15, -0.1) is 0 Å². The maximum Gasteiger partial charge on any atom is 0.0366 e. The van der Waals surface area contributed by atoms with E-state index in [0.717, 1.165) is 13.1 Å². The fraction of sp³-hybridized carbons (Fsp3) is 0.625. The molecule has 0 radical (unpaired) electrons. The highest BCUT2D eigenvalue weighted by atomic mass is 15.1. The Morgan fingerprint density at radius 1 is 1.11 bits per heavy atom. The van der Waals surface area contributed by atoms with E-state index in [1.807, 2.05) is 0 Å². The minimum atomic E-state index is 0.447. The Labute approximate surface area is 116 Å². The highest BCUT2D eigenvalue weighted by molar-refractivity contribution is 5.48. The second kappa shape index (κ2) is 5.93. The zero-order valence-corrected chi connectivity index (χ0v) is 11.9. The van der Waals surface area contributed by atoms with Crippen molar-refractivity contribution in [3.63, 3.8) is 0 Å². The van der Waals surface area contributed by atoms with Crippen molar-refractivity contribution in [3.05, 3.63) is 29.8 Å². The molecule has 104 valence electrons. The van der Waals surface area contributed by atoms with Gasteiger partial charge in [0.25, 0.3) is 0 Å². The lowest BCUT2D eigenvalue weighted by molar-refractivity contribution is 0.338. The van der Waals surface area contributed by atoms with E-state index in [1.165, 1.54) is 43.6 Å². The van der Waals surface area contributed by atoms with E-state index in [9.17, 15) is 0 Å². The van der Waals surface area contributed by atoms with Crippen molar-refractivity contribution in [3.8, 4) is 0 Å². The molecule has 3 nitrogen and oxygen atoms in total. The van der Waals surface area contributed by atoms with Crippen molar-refractivity contribution >= 4 is 5.69 Å². The second-order valence-corrected chi connectivity index (χ2v) is 5.88. The molecule has 0 spiro atoms. The Morgan fingerprint density at radius 3 is 2.37 bits per heavy atom. The number of piperidine rings is 1. The van der Waals surface area contributed by atoms with E-state index >= 15 is 0 Å². The monoisotopic (exact) mass is 259 g/mol. The summed E-state index contributed by atoms with van der Waals surface area (Å²) in [5.74, 6) is 0. The molecule has 1 unspecified atom stereocenters. The standard InChI is InChI=1S/C16H25N3/c1-13(18-15-11-17-12-15)14-5-7-16(8-6-14)19-9-3-2-4-10-19/h5-8,13,15,17-18H,2-4,9-12H2,1H3.